The molecule has 8 nitrogen and oxygen atoms in total. The molecule has 116 valence electrons. The zero-order valence-corrected chi connectivity index (χ0v) is 12.7. The Hall–Kier alpha value is -1.61. The molecule has 2 atom stereocenters. The minimum Gasteiger partial charge on any atom is -0.480 e. The van der Waals surface area contributed by atoms with Crippen molar-refractivity contribution in [2.24, 2.45) is 0 Å². The number of carbonyl (C=O) groups excluding carboxylic acids is 1. The molecule has 1 aromatic rings. The van der Waals surface area contributed by atoms with Gasteiger partial charge in [-0.15, -0.1) is 10.2 Å². The van der Waals surface area contributed by atoms with E-state index in [0.717, 1.165) is 0 Å². The number of aliphatic hydroxyl groups is 1. The van der Waals surface area contributed by atoms with Crippen LogP contribution in [0.3, 0.4) is 0 Å². The Labute approximate surface area is 126 Å². The van der Waals surface area contributed by atoms with Crippen LogP contribution in [0.4, 0.5) is 0 Å². The van der Waals surface area contributed by atoms with Crippen LogP contribution in [0.5, 0.6) is 0 Å². The number of carbonyl (C=O) groups is 2. The summed E-state index contributed by atoms with van der Waals surface area (Å²) >= 11 is 1.22. The summed E-state index contributed by atoms with van der Waals surface area (Å²) in [5, 5.41) is 27.0. The number of aliphatic carboxylic acids is 1. The quantitative estimate of drug-likeness (QED) is 0.736. The molecule has 9 heteroatoms. The first kappa shape index (κ1) is 15.8. The molecule has 1 saturated heterocycles. The molecule has 1 aromatic heterocycles. The highest BCUT2D eigenvalue weighted by atomic mass is 32.2. The lowest BCUT2D eigenvalue weighted by molar-refractivity contribution is -0.147. The van der Waals surface area contributed by atoms with E-state index in [1.54, 1.807) is 6.33 Å². The number of rotatable bonds is 5. The van der Waals surface area contributed by atoms with E-state index in [4.69, 9.17) is 5.11 Å². The van der Waals surface area contributed by atoms with Gasteiger partial charge in [0.15, 0.2) is 5.16 Å². The summed E-state index contributed by atoms with van der Waals surface area (Å²) in [4.78, 5) is 24.5. The van der Waals surface area contributed by atoms with E-state index >= 15 is 0 Å². The number of thioether (sulfide) groups is 1. The third-order valence-electron chi connectivity index (χ3n) is 3.31. The molecule has 0 spiro atoms. The van der Waals surface area contributed by atoms with Gasteiger partial charge in [0.25, 0.3) is 0 Å². The standard InChI is InChI=1S/C12H18N4O4S/c1-7(2)16-6-13-14-12(16)21-5-10(18)15-4-8(17)3-9(15)11(19)20/h6-9,17H,3-5H2,1-2H3,(H,19,20)/t8-,9+/m1/s1. The number of aliphatic hydroxyl groups excluding tert-OH is 1. The summed E-state index contributed by atoms with van der Waals surface area (Å²) in [6.45, 7) is 4.02. The van der Waals surface area contributed by atoms with Crippen molar-refractivity contribution < 1.29 is 19.8 Å². The van der Waals surface area contributed by atoms with Crippen molar-refractivity contribution in [3.63, 3.8) is 0 Å². The zero-order valence-electron chi connectivity index (χ0n) is 11.8. The maximum atomic E-state index is 12.2. The fourth-order valence-electron chi connectivity index (χ4n) is 2.22. The second kappa shape index (κ2) is 6.44. The highest BCUT2D eigenvalue weighted by molar-refractivity contribution is 7.99. The van der Waals surface area contributed by atoms with Crippen LogP contribution in [0.25, 0.3) is 0 Å². The third-order valence-corrected chi connectivity index (χ3v) is 4.25. The van der Waals surface area contributed by atoms with Crippen molar-refractivity contribution in [1.29, 1.82) is 0 Å². The molecule has 0 saturated carbocycles. The van der Waals surface area contributed by atoms with Crippen molar-refractivity contribution in [3.05, 3.63) is 6.33 Å². The maximum absolute atomic E-state index is 12.2. The average molecular weight is 314 g/mol. The van der Waals surface area contributed by atoms with E-state index in [0.29, 0.717) is 5.16 Å². The molecule has 0 aliphatic carbocycles. The SMILES string of the molecule is CC(C)n1cnnc1SCC(=O)N1C[C@H](O)C[C@H]1C(=O)O. The van der Waals surface area contributed by atoms with E-state index in [1.807, 2.05) is 18.4 Å². The van der Waals surface area contributed by atoms with Crippen molar-refractivity contribution in [1.82, 2.24) is 19.7 Å². The van der Waals surface area contributed by atoms with Gasteiger partial charge in [-0.2, -0.15) is 0 Å². The van der Waals surface area contributed by atoms with Crippen LogP contribution in [0.2, 0.25) is 0 Å². The number of β-amino-alcohol motifs (C(OH)–C–C–N with tert-alkyl or cyclic N) is 1. The van der Waals surface area contributed by atoms with Gasteiger partial charge in [-0.05, 0) is 13.8 Å². The molecule has 2 N–H and O–H groups in total. The van der Waals surface area contributed by atoms with Crippen LogP contribution in [0.1, 0.15) is 26.3 Å². The molecule has 0 bridgehead atoms. The number of nitrogens with zero attached hydrogens (tertiary/aromatic N) is 4. The first-order valence-corrected chi connectivity index (χ1v) is 7.61. The van der Waals surface area contributed by atoms with E-state index in [9.17, 15) is 14.7 Å². The second-order valence-corrected chi connectivity index (χ2v) is 6.14. The summed E-state index contributed by atoms with van der Waals surface area (Å²) < 4.78 is 1.84. The van der Waals surface area contributed by atoms with Crippen LogP contribution in [0, 0.1) is 0 Å². The predicted octanol–water partition coefficient (Wildman–Crippen LogP) is -0.00250. The largest absolute Gasteiger partial charge is 0.480 e. The molecule has 2 heterocycles. The van der Waals surface area contributed by atoms with E-state index in [1.165, 1.54) is 16.7 Å². The van der Waals surface area contributed by atoms with Crippen molar-refractivity contribution in [2.45, 2.75) is 43.6 Å². The smallest absolute Gasteiger partial charge is 0.326 e. The van der Waals surface area contributed by atoms with Gasteiger partial charge in [0.2, 0.25) is 5.91 Å². The topological polar surface area (TPSA) is 109 Å². The van der Waals surface area contributed by atoms with Gasteiger partial charge in [0.05, 0.1) is 11.9 Å². The first-order valence-electron chi connectivity index (χ1n) is 6.62. The second-order valence-electron chi connectivity index (χ2n) is 5.19. The molecule has 1 fully saturated rings. The van der Waals surface area contributed by atoms with E-state index < -0.39 is 18.1 Å². The van der Waals surface area contributed by atoms with Crippen LogP contribution >= 0.6 is 11.8 Å². The molecule has 1 amide bonds. The summed E-state index contributed by atoms with van der Waals surface area (Å²) in [5.41, 5.74) is 0. The number of hydrogen-bond donors (Lipinski definition) is 2. The third kappa shape index (κ3) is 3.53. The van der Waals surface area contributed by atoms with Gasteiger partial charge in [-0.1, -0.05) is 11.8 Å². The average Bonchev–Trinajstić information content (AvgIpc) is 3.01. The lowest BCUT2D eigenvalue weighted by Crippen LogP contribution is -2.41. The Balaban J connectivity index is 1.98. The summed E-state index contributed by atoms with van der Waals surface area (Å²) in [6.07, 6.45) is 0.893. The van der Waals surface area contributed by atoms with E-state index in [2.05, 4.69) is 10.2 Å². The Morgan fingerprint density at radius 3 is 2.86 bits per heavy atom. The zero-order chi connectivity index (χ0) is 15.6. The number of carboxylic acids is 1. The van der Waals surface area contributed by atoms with Crippen LogP contribution in [-0.2, 0) is 9.59 Å². The molecular weight excluding hydrogens is 296 g/mol. The number of carboxylic acid groups (broad SMARTS) is 1. The van der Waals surface area contributed by atoms with Crippen molar-refractivity contribution in [3.8, 4) is 0 Å². The molecule has 0 unspecified atom stereocenters. The number of aromatic nitrogens is 3. The first-order chi connectivity index (χ1) is 9.90. The Morgan fingerprint density at radius 1 is 1.52 bits per heavy atom. The summed E-state index contributed by atoms with van der Waals surface area (Å²) in [5.74, 6) is -1.33. The number of likely N-dealkylation sites (tertiary alicyclic amines) is 1. The summed E-state index contributed by atoms with van der Waals surface area (Å²) in [7, 11) is 0. The Morgan fingerprint density at radius 2 is 2.24 bits per heavy atom. The van der Waals surface area contributed by atoms with Crippen LogP contribution in [0.15, 0.2) is 11.5 Å². The Bertz CT molecular complexity index is 533. The molecule has 2 rings (SSSR count). The monoisotopic (exact) mass is 314 g/mol. The molecular formula is C12H18N4O4S. The summed E-state index contributed by atoms with van der Waals surface area (Å²) in [6, 6.07) is -0.769. The lowest BCUT2D eigenvalue weighted by Gasteiger charge is -2.20. The Kier molecular flexibility index (Phi) is 4.84. The highest BCUT2D eigenvalue weighted by Crippen LogP contribution is 2.23. The van der Waals surface area contributed by atoms with Crippen LogP contribution < -0.4 is 0 Å². The van der Waals surface area contributed by atoms with Gasteiger partial charge >= 0.3 is 5.97 Å². The molecule has 0 aromatic carbocycles. The minimum absolute atomic E-state index is 0.0627. The fraction of sp³-hybridized carbons (Fsp3) is 0.667. The molecule has 21 heavy (non-hydrogen) atoms. The van der Waals surface area contributed by atoms with Gasteiger partial charge in [-0.3, -0.25) is 4.79 Å². The number of amides is 1. The maximum Gasteiger partial charge on any atom is 0.326 e. The molecule has 1 aliphatic rings. The molecule has 0 radical (unpaired) electrons. The van der Waals surface area contributed by atoms with Crippen molar-refractivity contribution in [2.75, 3.05) is 12.3 Å². The number of hydrogen-bond acceptors (Lipinski definition) is 6. The fourth-order valence-corrected chi connectivity index (χ4v) is 3.15. The van der Waals surface area contributed by atoms with Crippen molar-refractivity contribution >= 4 is 23.6 Å². The van der Waals surface area contributed by atoms with E-state index in [-0.39, 0.29) is 30.7 Å². The molecule has 1 aliphatic heterocycles. The van der Waals surface area contributed by atoms with Gasteiger partial charge in [0, 0.05) is 19.0 Å². The lowest BCUT2D eigenvalue weighted by atomic mass is 10.2. The van der Waals surface area contributed by atoms with Gasteiger partial charge in [-0.25, -0.2) is 4.79 Å². The highest BCUT2D eigenvalue weighted by Gasteiger charge is 2.38. The predicted molar refractivity (Wildman–Crippen MR) is 74.9 cm³/mol. The normalized spacial score (nSPS) is 22.0. The van der Waals surface area contributed by atoms with Gasteiger partial charge < -0.3 is 19.7 Å². The van der Waals surface area contributed by atoms with Gasteiger partial charge in [0.1, 0.15) is 12.4 Å². The minimum atomic E-state index is -1.09. The van der Waals surface area contributed by atoms with Crippen LogP contribution in [-0.4, -0.2) is 66.2 Å².